The van der Waals surface area contributed by atoms with Gasteiger partial charge in [0.2, 0.25) is 5.91 Å². The Labute approximate surface area is 340 Å². The van der Waals surface area contributed by atoms with Crippen LogP contribution in [0.15, 0.2) is 73.1 Å². The van der Waals surface area contributed by atoms with Gasteiger partial charge in [-0.05, 0) is 92.0 Å². The first-order chi connectivity index (χ1) is 28.2. The summed E-state index contributed by atoms with van der Waals surface area (Å²) >= 11 is 0. The van der Waals surface area contributed by atoms with Crippen molar-refractivity contribution < 1.29 is 37.4 Å². The van der Waals surface area contributed by atoms with Crippen LogP contribution in [-0.4, -0.2) is 98.8 Å². The summed E-state index contributed by atoms with van der Waals surface area (Å²) < 4.78 is 44.8. The molecule has 310 valence electrons. The summed E-state index contributed by atoms with van der Waals surface area (Å²) in [6.45, 7) is 6.05. The van der Waals surface area contributed by atoms with E-state index in [-0.39, 0.29) is 23.7 Å². The summed E-state index contributed by atoms with van der Waals surface area (Å²) in [5.74, 6) is -2.22. The molecule has 0 radical (unpaired) electrons. The Kier molecular flexibility index (Phi) is 10.9. The second kappa shape index (κ2) is 16.1. The highest BCUT2D eigenvalue weighted by atomic mass is 19.3. The van der Waals surface area contributed by atoms with Crippen molar-refractivity contribution in [1.29, 1.82) is 0 Å². The summed E-state index contributed by atoms with van der Waals surface area (Å²) in [6, 6.07) is 18.5. The average Bonchev–Trinajstić information content (AvgIpc) is 4.05. The maximum atomic E-state index is 14.5. The number of amides is 3. The second-order valence-electron chi connectivity index (χ2n) is 16.7. The second-order valence-corrected chi connectivity index (χ2v) is 16.7. The van der Waals surface area contributed by atoms with Crippen molar-refractivity contribution in [2.45, 2.75) is 82.5 Å². The third-order valence-electron chi connectivity index (χ3n) is 11.4. The molecule has 0 spiro atoms. The largest absolute Gasteiger partial charge is 0.453 e. The highest BCUT2D eigenvalue weighted by Crippen LogP contribution is 2.42. The monoisotopic (exact) mass is 809 g/mol. The molecule has 3 atom stereocenters. The Morgan fingerprint density at radius 3 is 2.08 bits per heavy atom. The Morgan fingerprint density at radius 2 is 1.42 bits per heavy atom. The minimum atomic E-state index is -3.05. The number of halogens is 2. The zero-order chi connectivity index (χ0) is 41.5. The lowest BCUT2D eigenvalue weighted by molar-refractivity contribution is -0.136. The zero-order valence-electron chi connectivity index (χ0n) is 33.6. The lowest BCUT2D eigenvalue weighted by Gasteiger charge is -2.34. The van der Waals surface area contributed by atoms with Crippen LogP contribution in [0, 0.1) is 5.92 Å². The van der Waals surface area contributed by atoms with Crippen molar-refractivity contribution in [3.8, 4) is 33.6 Å². The number of nitrogens with one attached hydrogen (secondary N) is 3. The molecule has 13 nitrogen and oxygen atoms in total. The van der Waals surface area contributed by atoms with Crippen LogP contribution in [0.25, 0.3) is 44.4 Å². The molecule has 3 saturated heterocycles. The molecule has 3 N–H and O–H groups in total. The van der Waals surface area contributed by atoms with E-state index < -0.39 is 48.8 Å². The molecule has 0 bridgehead atoms. The number of alkyl halides is 2. The van der Waals surface area contributed by atoms with Gasteiger partial charge in [0.25, 0.3) is 5.92 Å². The third-order valence-corrected chi connectivity index (χ3v) is 11.4. The molecule has 2 aromatic heterocycles. The summed E-state index contributed by atoms with van der Waals surface area (Å²) in [6.07, 6.45) is 4.40. The van der Waals surface area contributed by atoms with E-state index in [9.17, 15) is 23.2 Å². The molecule has 5 heterocycles. The Hall–Kier alpha value is -5.83. The van der Waals surface area contributed by atoms with Gasteiger partial charge in [-0.3, -0.25) is 9.69 Å². The minimum absolute atomic E-state index is 0.0397. The molecule has 15 heteroatoms. The van der Waals surface area contributed by atoms with Crippen molar-refractivity contribution in [3.63, 3.8) is 0 Å². The molecule has 3 unspecified atom stereocenters. The predicted molar refractivity (Wildman–Crippen MR) is 216 cm³/mol. The lowest BCUT2D eigenvalue weighted by atomic mass is 9.90. The third kappa shape index (κ3) is 8.66. The van der Waals surface area contributed by atoms with Gasteiger partial charge >= 0.3 is 12.2 Å². The number of benzene rings is 3. The number of rotatable bonds is 8. The van der Waals surface area contributed by atoms with Gasteiger partial charge in [-0.1, -0.05) is 48.5 Å². The van der Waals surface area contributed by atoms with Crippen LogP contribution < -0.4 is 5.32 Å². The number of likely N-dealkylation sites (tertiary alicyclic amines) is 2. The molecule has 3 aromatic carbocycles. The fourth-order valence-corrected chi connectivity index (χ4v) is 8.42. The molecule has 8 rings (SSSR count). The number of imidazole rings is 2. The quantitative estimate of drug-likeness (QED) is 0.141. The molecular weight excluding hydrogens is 761 g/mol. The van der Waals surface area contributed by atoms with Gasteiger partial charge in [0.1, 0.15) is 23.3 Å². The van der Waals surface area contributed by atoms with Gasteiger partial charge < -0.3 is 34.4 Å². The van der Waals surface area contributed by atoms with Crippen LogP contribution in [0.4, 0.5) is 18.4 Å². The molecule has 5 aromatic rings. The molecular formula is C44H49F2N7O6. The van der Waals surface area contributed by atoms with Crippen LogP contribution in [0.5, 0.6) is 0 Å². The average molecular weight is 810 g/mol. The SMILES string of the molecule is COC(=O)NC(C(=O)N1CCCC1c1ncc(-c2ccc3cc(-c4ccc(-c5cnc(C6CC(F)(F)CN6C(=O)OC(C)(C)C)[nH]5)cc4)ccc3c2)[nH]1)C1CCOCC1. The standard InChI is InChI=1S/C44H49F2N7O6/c1-43(2,3)59-42(56)53-25-44(45,46)22-36(53)39-48-23-33(49-39)27-9-7-26(8-10-27)29-11-12-31-21-32(14-13-30(31)20-29)34-24-47-38(50-34)35-6-5-17-52(35)40(54)37(51-41(55)57-4)28-15-18-58-19-16-28/h7-14,20-21,23-24,28,35-37H,5-6,15-19,22,25H2,1-4H3,(H,47,50)(H,48,49)(H,51,55). The molecule has 0 saturated carbocycles. The molecule has 3 fully saturated rings. The number of methoxy groups -OCH3 is 1. The van der Waals surface area contributed by atoms with Crippen LogP contribution in [-0.2, 0) is 19.0 Å². The number of hydrogen-bond donors (Lipinski definition) is 3. The molecule has 3 aliphatic heterocycles. The molecule has 0 aliphatic carbocycles. The number of aromatic amines is 2. The molecule has 3 amide bonds. The smallest absolute Gasteiger partial charge is 0.411 e. The Bertz CT molecular complexity index is 2330. The normalized spacial score (nSPS) is 20.2. The van der Waals surface area contributed by atoms with Crippen LogP contribution >= 0.6 is 0 Å². The van der Waals surface area contributed by atoms with Gasteiger partial charge in [0.15, 0.2) is 0 Å². The number of fused-ring (bicyclic) bond motifs is 1. The summed E-state index contributed by atoms with van der Waals surface area (Å²) in [5, 5.41) is 4.91. The van der Waals surface area contributed by atoms with E-state index in [0.717, 1.165) is 56.5 Å². The fraction of sp³-hybridized carbons (Fsp3) is 0.432. The van der Waals surface area contributed by atoms with Crippen molar-refractivity contribution in [2.24, 2.45) is 5.92 Å². The Morgan fingerprint density at radius 1 is 0.831 bits per heavy atom. The summed E-state index contributed by atoms with van der Waals surface area (Å²) in [7, 11) is 1.30. The number of alkyl carbamates (subject to hydrolysis) is 1. The molecule has 59 heavy (non-hydrogen) atoms. The van der Waals surface area contributed by atoms with Gasteiger partial charge in [0, 0.05) is 31.7 Å². The maximum absolute atomic E-state index is 14.5. The fourth-order valence-electron chi connectivity index (χ4n) is 8.42. The van der Waals surface area contributed by atoms with E-state index >= 15 is 0 Å². The van der Waals surface area contributed by atoms with E-state index in [1.54, 1.807) is 33.2 Å². The van der Waals surface area contributed by atoms with E-state index in [4.69, 9.17) is 19.2 Å². The first kappa shape index (κ1) is 40.0. The van der Waals surface area contributed by atoms with Crippen LogP contribution in [0.3, 0.4) is 0 Å². The topological polar surface area (TPSA) is 155 Å². The number of ether oxygens (including phenoxy) is 3. The van der Waals surface area contributed by atoms with E-state index in [2.05, 4.69) is 50.6 Å². The van der Waals surface area contributed by atoms with Crippen LogP contribution in [0.1, 0.15) is 76.6 Å². The van der Waals surface area contributed by atoms with E-state index in [1.807, 2.05) is 35.2 Å². The number of nitrogens with zero attached hydrogens (tertiary/aromatic N) is 4. The highest BCUT2D eigenvalue weighted by Gasteiger charge is 2.50. The van der Waals surface area contributed by atoms with Gasteiger partial charge in [-0.25, -0.2) is 28.3 Å². The highest BCUT2D eigenvalue weighted by molar-refractivity contribution is 5.91. The lowest BCUT2D eigenvalue weighted by Crippen LogP contribution is -2.53. The number of hydrogen-bond acceptors (Lipinski definition) is 8. The van der Waals surface area contributed by atoms with Gasteiger partial charge in [-0.2, -0.15) is 0 Å². The number of H-pyrrole nitrogens is 2. The van der Waals surface area contributed by atoms with Crippen molar-refractivity contribution in [1.82, 2.24) is 35.1 Å². The van der Waals surface area contributed by atoms with Gasteiger partial charge in [0.05, 0.1) is 49.5 Å². The van der Waals surface area contributed by atoms with E-state index in [0.29, 0.717) is 44.1 Å². The minimum Gasteiger partial charge on any atom is -0.453 e. The number of carbonyl (C=O) groups excluding carboxylic acids is 3. The maximum Gasteiger partial charge on any atom is 0.411 e. The summed E-state index contributed by atoms with van der Waals surface area (Å²) in [4.78, 5) is 57.7. The Balaban J connectivity index is 0.950. The van der Waals surface area contributed by atoms with E-state index in [1.165, 1.54) is 7.11 Å². The van der Waals surface area contributed by atoms with Gasteiger partial charge in [-0.15, -0.1) is 0 Å². The number of carbonyl (C=O) groups is 3. The first-order valence-electron chi connectivity index (χ1n) is 20.1. The first-order valence-corrected chi connectivity index (χ1v) is 20.1. The van der Waals surface area contributed by atoms with Crippen LogP contribution in [0.2, 0.25) is 0 Å². The molecule has 3 aliphatic rings. The summed E-state index contributed by atoms with van der Waals surface area (Å²) in [5.41, 5.74) is 4.50. The predicted octanol–water partition coefficient (Wildman–Crippen LogP) is 8.42. The zero-order valence-corrected chi connectivity index (χ0v) is 33.6. The van der Waals surface area contributed by atoms with Crippen molar-refractivity contribution in [3.05, 3.63) is 84.7 Å². The van der Waals surface area contributed by atoms with Crippen molar-refractivity contribution in [2.75, 3.05) is 33.4 Å². The van der Waals surface area contributed by atoms with Crippen molar-refractivity contribution >= 4 is 28.9 Å². The number of aromatic nitrogens is 4.